The molecule has 6 heteroatoms. The average molecular weight is 302 g/mol. The first-order valence-electron chi connectivity index (χ1n) is 7.59. The Morgan fingerprint density at radius 3 is 1.95 bits per heavy atom. The third kappa shape index (κ3) is 6.33. The summed E-state index contributed by atoms with van der Waals surface area (Å²) in [5.74, 6) is -0.923. The quantitative estimate of drug-likeness (QED) is 0.720. The maximum absolute atomic E-state index is 12.8. The molecule has 0 fully saturated rings. The van der Waals surface area contributed by atoms with Crippen molar-refractivity contribution in [1.82, 2.24) is 9.80 Å². The molecule has 0 spiro atoms. The number of amides is 2. The number of rotatable bonds is 8. The fourth-order valence-corrected chi connectivity index (χ4v) is 2.35. The average Bonchev–Trinajstić information content (AvgIpc) is 2.37. The lowest BCUT2D eigenvalue weighted by atomic mass is 10.1. The maximum Gasteiger partial charge on any atom is 0.320 e. The van der Waals surface area contributed by atoms with Crippen LogP contribution in [0.1, 0.15) is 53.9 Å². The second-order valence-electron chi connectivity index (χ2n) is 6.14. The minimum atomic E-state index is -0.923. The third-order valence-corrected chi connectivity index (χ3v) is 3.56. The summed E-state index contributed by atoms with van der Waals surface area (Å²) in [6, 6.07) is -0.147. The first-order chi connectivity index (χ1) is 9.68. The van der Waals surface area contributed by atoms with Crippen LogP contribution < -0.4 is 0 Å². The van der Waals surface area contributed by atoms with Crippen molar-refractivity contribution >= 4 is 12.0 Å². The van der Waals surface area contributed by atoms with E-state index in [1.165, 1.54) is 0 Å². The molecule has 2 N–H and O–H groups in total. The fraction of sp³-hybridized carbons (Fsp3) is 0.867. The molecule has 21 heavy (non-hydrogen) atoms. The number of nitrogens with zero attached hydrogens (tertiary/aromatic N) is 2. The highest BCUT2D eigenvalue weighted by atomic mass is 16.4. The highest BCUT2D eigenvalue weighted by Crippen LogP contribution is 2.19. The molecule has 6 nitrogen and oxygen atoms in total. The largest absolute Gasteiger partial charge is 0.481 e. The lowest BCUT2D eigenvalue weighted by molar-refractivity contribution is -0.137. The zero-order chi connectivity index (χ0) is 16.6. The summed E-state index contributed by atoms with van der Waals surface area (Å²) in [5, 5.41) is 18.1. The zero-order valence-corrected chi connectivity index (χ0v) is 13.9. The van der Waals surface area contributed by atoms with Crippen LogP contribution in [0.2, 0.25) is 0 Å². The number of hydrogen-bond acceptors (Lipinski definition) is 3. The number of carbonyl (C=O) groups excluding carboxylic acids is 1. The summed E-state index contributed by atoms with van der Waals surface area (Å²) >= 11 is 0. The Labute approximate surface area is 127 Å². The molecule has 2 amide bonds. The summed E-state index contributed by atoms with van der Waals surface area (Å²) in [4.78, 5) is 26.8. The Balaban J connectivity index is 5.23. The molecular formula is C15H30N2O4. The van der Waals surface area contributed by atoms with Crippen molar-refractivity contribution in [3.05, 3.63) is 0 Å². The second kappa shape index (κ2) is 8.87. The summed E-state index contributed by atoms with van der Waals surface area (Å²) in [6.45, 7) is 10.0. The van der Waals surface area contributed by atoms with Gasteiger partial charge in [0.15, 0.2) is 0 Å². The topological polar surface area (TPSA) is 81.1 Å². The Bertz CT molecular complexity index is 335. The van der Waals surface area contributed by atoms with Crippen LogP contribution in [0.5, 0.6) is 0 Å². The first-order valence-corrected chi connectivity index (χ1v) is 7.59. The Morgan fingerprint density at radius 1 is 1.10 bits per heavy atom. The van der Waals surface area contributed by atoms with Crippen LogP contribution in [-0.4, -0.2) is 63.3 Å². The molecule has 0 atom stereocenters. The molecule has 0 aromatic heterocycles. The van der Waals surface area contributed by atoms with Gasteiger partial charge in [0.2, 0.25) is 0 Å². The normalized spacial score (nSPS) is 11.6. The summed E-state index contributed by atoms with van der Waals surface area (Å²) in [6.07, 6.45) is 1.52. The lowest BCUT2D eigenvalue weighted by Crippen LogP contribution is -2.55. The van der Waals surface area contributed by atoms with E-state index in [2.05, 4.69) is 0 Å². The Morgan fingerprint density at radius 2 is 1.62 bits per heavy atom. The van der Waals surface area contributed by atoms with Gasteiger partial charge in [-0.05, 0) is 33.6 Å². The van der Waals surface area contributed by atoms with E-state index in [0.717, 1.165) is 12.8 Å². The van der Waals surface area contributed by atoms with Crippen molar-refractivity contribution in [2.45, 2.75) is 65.5 Å². The predicted octanol–water partition coefficient (Wildman–Crippen LogP) is 2.16. The van der Waals surface area contributed by atoms with E-state index in [0.29, 0.717) is 0 Å². The zero-order valence-electron chi connectivity index (χ0n) is 13.9. The minimum absolute atomic E-state index is 0.0549. The molecular weight excluding hydrogens is 272 g/mol. The van der Waals surface area contributed by atoms with Crippen molar-refractivity contribution in [3.8, 4) is 0 Å². The van der Waals surface area contributed by atoms with Gasteiger partial charge in [-0.1, -0.05) is 13.8 Å². The molecule has 0 saturated heterocycles. The van der Waals surface area contributed by atoms with Gasteiger partial charge < -0.3 is 20.0 Å². The molecule has 0 aromatic rings. The number of aliphatic carboxylic acids is 1. The molecule has 0 bridgehead atoms. The van der Waals surface area contributed by atoms with Crippen LogP contribution in [0.15, 0.2) is 0 Å². The van der Waals surface area contributed by atoms with Crippen LogP contribution in [0.3, 0.4) is 0 Å². The molecule has 0 aliphatic rings. The standard InChI is InChI=1S/C15H30N2O4/c1-6-12(7-2)16(10-11-18)14(21)17(15(3,4)5)9-8-13(19)20/h12,18H,6-11H2,1-5H3,(H,19,20). The highest BCUT2D eigenvalue weighted by molar-refractivity contribution is 5.76. The van der Waals surface area contributed by atoms with Crippen molar-refractivity contribution in [3.63, 3.8) is 0 Å². The van der Waals surface area contributed by atoms with Gasteiger partial charge >= 0.3 is 12.0 Å². The van der Waals surface area contributed by atoms with E-state index in [1.807, 2.05) is 34.6 Å². The van der Waals surface area contributed by atoms with Crippen LogP contribution >= 0.6 is 0 Å². The predicted molar refractivity (Wildman–Crippen MR) is 82.3 cm³/mol. The fourth-order valence-electron chi connectivity index (χ4n) is 2.35. The molecule has 0 saturated carbocycles. The van der Waals surface area contributed by atoms with E-state index < -0.39 is 11.5 Å². The maximum atomic E-state index is 12.8. The molecule has 0 heterocycles. The van der Waals surface area contributed by atoms with E-state index in [9.17, 15) is 14.7 Å². The van der Waals surface area contributed by atoms with Crippen LogP contribution in [0.4, 0.5) is 4.79 Å². The number of urea groups is 1. The summed E-state index contributed by atoms with van der Waals surface area (Å²) in [7, 11) is 0. The Hall–Kier alpha value is -1.30. The number of aliphatic hydroxyl groups is 1. The summed E-state index contributed by atoms with van der Waals surface area (Å²) < 4.78 is 0. The lowest BCUT2D eigenvalue weighted by Gasteiger charge is -2.41. The monoisotopic (exact) mass is 302 g/mol. The second-order valence-corrected chi connectivity index (χ2v) is 6.14. The number of carbonyl (C=O) groups is 2. The van der Waals surface area contributed by atoms with Crippen LogP contribution in [0.25, 0.3) is 0 Å². The van der Waals surface area contributed by atoms with Crippen molar-refractivity contribution in [2.24, 2.45) is 0 Å². The van der Waals surface area contributed by atoms with Gasteiger partial charge in [0.1, 0.15) is 0 Å². The SMILES string of the molecule is CCC(CC)N(CCO)C(=O)N(CCC(=O)O)C(C)(C)C. The third-order valence-electron chi connectivity index (χ3n) is 3.56. The van der Waals surface area contributed by atoms with Gasteiger partial charge in [-0.3, -0.25) is 4.79 Å². The number of carboxylic acids is 1. The van der Waals surface area contributed by atoms with Crippen molar-refractivity contribution in [1.29, 1.82) is 0 Å². The van der Waals surface area contributed by atoms with Crippen molar-refractivity contribution in [2.75, 3.05) is 19.7 Å². The van der Waals surface area contributed by atoms with Gasteiger partial charge in [0.25, 0.3) is 0 Å². The van der Waals surface area contributed by atoms with Gasteiger partial charge in [-0.2, -0.15) is 0 Å². The van der Waals surface area contributed by atoms with Gasteiger partial charge in [-0.25, -0.2) is 4.79 Å². The molecule has 0 aliphatic heterocycles. The summed E-state index contributed by atoms with van der Waals surface area (Å²) in [5.41, 5.74) is -0.466. The van der Waals surface area contributed by atoms with E-state index >= 15 is 0 Å². The molecule has 0 aromatic carbocycles. The molecule has 0 unspecified atom stereocenters. The van der Waals surface area contributed by atoms with Crippen LogP contribution in [-0.2, 0) is 4.79 Å². The highest BCUT2D eigenvalue weighted by Gasteiger charge is 2.32. The molecule has 0 aliphatic carbocycles. The minimum Gasteiger partial charge on any atom is -0.481 e. The first kappa shape index (κ1) is 19.7. The van der Waals surface area contributed by atoms with Crippen molar-refractivity contribution < 1.29 is 19.8 Å². The van der Waals surface area contributed by atoms with E-state index in [4.69, 9.17) is 5.11 Å². The van der Waals surface area contributed by atoms with Gasteiger partial charge in [0, 0.05) is 24.7 Å². The molecule has 0 radical (unpaired) electrons. The van der Waals surface area contributed by atoms with Gasteiger partial charge in [-0.15, -0.1) is 0 Å². The number of hydrogen-bond donors (Lipinski definition) is 2. The smallest absolute Gasteiger partial charge is 0.320 e. The van der Waals surface area contributed by atoms with E-state index in [-0.39, 0.29) is 38.2 Å². The Kier molecular flexibility index (Phi) is 8.32. The van der Waals surface area contributed by atoms with Gasteiger partial charge in [0.05, 0.1) is 13.0 Å². The molecule has 0 rings (SSSR count). The number of carboxylic acid groups (broad SMARTS) is 1. The number of aliphatic hydroxyl groups excluding tert-OH is 1. The van der Waals surface area contributed by atoms with E-state index in [1.54, 1.807) is 9.80 Å². The van der Waals surface area contributed by atoms with Crippen LogP contribution in [0, 0.1) is 0 Å². The molecule has 124 valence electrons.